The molecule has 2 rings (SSSR count). The van der Waals surface area contributed by atoms with Gasteiger partial charge in [-0.2, -0.15) is 5.10 Å². The Hall–Kier alpha value is -2.57. The molecule has 1 unspecified atom stereocenters. The molecule has 0 bridgehead atoms. The lowest BCUT2D eigenvalue weighted by atomic mass is 10.2. The molecular weight excluding hydrogens is 333 g/mol. The van der Waals surface area contributed by atoms with Crippen molar-refractivity contribution in [1.29, 1.82) is 0 Å². The molecule has 6 nitrogen and oxygen atoms in total. The Morgan fingerprint density at radius 1 is 1.38 bits per heavy atom. The highest BCUT2D eigenvalue weighted by atomic mass is 19.1. The van der Waals surface area contributed by atoms with Crippen molar-refractivity contribution in [2.75, 3.05) is 20.1 Å². The molecule has 1 heterocycles. The fraction of sp³-hybridized carbons (Fsp3) is 0.474. The fourth-order valence-corrected chi connectivity index (χ4v) is 2.53. The molecule has 1 atom stereocenters. The molecule has 0 saturated carbocycles. The smallest absolute Gasteiger partial charge is 0.191 e. The van der Waals surface area contributed by atoms with Gasteiger partial charge in [-0.3, -0.25) is 9.67 Å². The van der Waals surface area contributed by atoms with Crippen LogP contribution in [0.1, 0.15) is 25.3 Å². The van der Waals surface area contributed by atoms with Gasteiger partial charge >= 0.3 is 0 Å². The first-order chi connectivity index (χ1) is 12.6. The minimum atomic E-state index is -0.295. The number of benzene rings is 1. The van der Waals surface area contributed by atoms with Crippen LogP contribution in [0, 0.1) is 5.82 Å². The zero-order valence-electron chi connectivity index (χ0n) is 15.7. The monoisotopic (exact) mass is 361 g/mol. The van der Waals surface area contributed by atoms with Gasteiger partial charge in [-0.1, -0.05) is 13.0 Å². The van der Waals surface area contributed by atoms with E-state index in [2.05, 4.69) is 20.7 Å². The number of guanidine groups is 1. The molecule has 1 aromatic heterocycles. The summed E-state index contributed by atoms with van der Waals surface area (Å²) in [5.74, 6) is 0.979. The second-order valence-corrected chi connectivity index (χ2v) is 6.11. The van der Waals surface area contributed by atoms with E-state index in [1.807, 2.05) is 31.0 Å². The molecule has 0 aliphatic heterocycles. The number of rotatable bonds is 9. The zero-order valence-corrected chi connectivity index (χ0v) is 15.7. The van der Waals surface area contributed by atoms with Crippen molar-refractivity contribution in [2.24, 2.45) is 12.0 Å². The Bertz CT molecular complexity index is 701. The molecule has 0 aliphatic rings. The molecule has 2 aromatic rings. The third-order valence-corrected chi connectivity index (χ3v) is 3.97. The van der Waals surface area contributed by atoms with Crippen LogP contribution in [0.4, 0.5) is 4.39 Å². The lowest BCUT2D eigenvalue weighted by Crippen LogP contribution is -2.42. The maximum absolute atomic E-state index is 13.3. The number of hydrogen-bond donors (Lipinski definition) is 2. The highest BCUT2D eigenvalue weighted by Gasteiger charge is 2.10. The number of halogens is 1. The number of nitrogens with one attached hydrogen (secondary N) is 2. The van der Waals surface area contributed by atoms with E-state index in [9.17, 15) is 4.39 Å². The van der Waals surface area contributed by atoms with Gasteiger partial charge < -0.3 is 15.4 Å². The Morgan fingerprint density at radius 3 is 2.88 bits per heavy atom. The largest absolute Gasteiger partial charge is 0.489 e. The van der Waals surface area contributed by atoms with E-state index in [1.165, 1.54) is 17.7 Å². The predicted molar refractivity (Wildman–Crippen MR) is 102 cm³/mol. The summed E-state index contributed by atoms with van der Waals surface area (Å²) < 4.78 is 20.9. The van der Waals surface area contributed by atoms with E-state index in [1.54, 1.807) is 19.2 Å². The third kappa shape index (κ3) is 6.74. The average Bonchev–Trinajstić information content (AvgIpc) is 3.05. The van der Waals surface area contributed by atoms with Crippen LogP contribution in [0.5, 0.6) is 5.75 Å². The number of aromatic nitrogens is 2. The molecule has 1 aromatic carbocycles. The van der Waals surface area contributed by atoms with E-state index in [0.29, 0.717) is 12.3 Å². The Morgan fingerprint density at radius 2 is 2.23 bits per heavy atom. The summed E-state index contributed by atoms with van der Waals surface area (Å²) in [6.45, 7) is 3.45. The van der Waals surface area contributed by atoms with Crippen LogP contribution >= 0.6 is 0 Å². The van der Waals surface area contributed by atoms with Crippen LogP contribution in [0.3, 0.4) is 0 Å². The molecule has 0 aliphatic carbocycles. The molecule has 7 heteroatoms. The number of nitrogens with zero attached hydrogens (tertiary/aromatic N) is 3. The summed E-state index contributed by atoms with van der Waals surface area (Å²) >= 11 is 0. The normalized spacial score (nSPS) is 12.7. The first-order valence-corrected chi connectivity index (χ1v) is 8.95. The first kappa shape index (κ1) is 19.8. The van der Waals surface area contributed by atoms with Crippen molar-refractivity contribution in [3.05, 3.63) is 48.0 Å². The SMILES string of the molecule is CCC(CNC(=NC)NCCCc1cnn(C)c1)Oc1cccc(F)c1. The molecule has 0 saturated heterocycles. The first-order valence-electron chi connectivity index (χ1n) is 8.95. The van der Waals surface area contributed by atoms with Crippen molar-refractivity contribution >= 4 is 5.96 Å². The van der Waals surface area contributed by atoms with Crippen LogP contribution in [0.25, 0.3) is 0 Å². The lowest BCUT2D eigenvalue weighted by molar-refractivity contribution is 0.199. The highest BCUT2D eigenvalue weighted by Crippen LogP contribution is 2.14. The van der Waals surface area contributed by atoms with Crippen molar-refractivity contribution < 1.29 is 9.13 Å². The number of hydrogen-bond acceptors (Lipinski definition) is 3. The second kappa shape index (κ2) is 10.4. The molecule has 2 N–H and O–H groups in total. The van der Waals surface area contributed by atoms with E-state index in [0.717, 1.165) is 31.8 Å². The Labute approximate surface area is 154 Å². The lowest BCUT2D eigenvalue weighted by Gasteiger charge is -2.20. The van der Waals surface area contributed by atoms with Gasteiger partial charge in [-0.05, 0) is 37.0 Å². The van der Waals surface area contributed by atoms with Crippen LogP contribution in [-0.2, 0) is 13.5 Å². The van der Waals surface area contributed by atoms with Gasteiger partial charge in [-0.15, -0.1) is 0 Å². The minimum Gasteiger partial charge on any atom is -0.489 e. The standard InChI is InChI=1S/C19H28FN5O/c1-4-17(26-18-9-5-8-16(20)11-18)13-23-19(21-2)22-10-6-7-15-12-24-25(3)14-15/h5,8-9,11-12,14,17H,4,6-7,10,13H2,1-3H3,(H2,21,22,23). The summed E-state index contributed by atoms with van der Waals surface area (Å²) in [6.07, 6.45) is 6.62. The van der Waals surface area contributed by atoms with Crippen molar-refractivity contribution in [2.45, 2.75) is 32.3 Å². The fourth-order valence-electron chi connectivity index (χ4n) is 2.53. The van der Waals surface area contributed by atoms with Gasteiger partial charge in [0.05, 0.1) is 12.7 Å². The van der Waals surface area contributed by atoms with E-state index >= 15 is 0 Å². The maximum atomic E-state index is 13.3. The summed E-state index contributed by atoms with van der Waals surface area (Å²) in [5.41, 5.74) is 1.23. The third-order valence-electron chi connectivity index (χ3n) is 3.97. The summed E-state index contributed by atoms with van der Waals surface area (Å²) in [4.78, 5) is 4.23. The number of aliphatic imine (C=N–C) groups is 1. The maximum Gasteiger partial charge on any atom is 0.191 e. The summed E-state index contributed by atoms with van der Waals surface area (Å²) in [7, 11) is 3.66. The number of ether oxygens (including phenoxy) is 1. The predicted octanol–water partition coefficient (Wildman–Crippen LogP) is 2.51. The highest BCUT2D eigenvalue weighted by molar-refractivity contribution is 5.79. The average molecular weight is 361 g/mol. The molecule has 0 spiro atoms. The van der Waals surface area contributed by atoms with E-state index < -0.39 is 0 Å². The topological polar surface area (TPSA) is 63.5 Å². The zero-order chi connectivity index (χ0) is 18.8. The van der Waals surface area contributed by atoms with Crippen molar-refractivity contribution in [3.8, 4) is 5.75 Å². The van der Waals surface area contributed by atoms with Crippen LogP contribution < -0.4 is 15.4 Å². The van der Waals surface area contributed by atoms with Crippen LogP contribution in [0.2, 0.25) is 0 Å². The molecule has 0 amide bonds. The van der Waals surface area contributed by atoms with Gasteiger partial charge in [0, 0.05) is 32.9 Å². The van der Waals surface area contributed by atoms with Gasteiger partial charge in [0.25, 0.3) is 0 Å². The van der Waals surface area contributed by atoms with Gasteiger partial charge in [0.1, 0.15) is 17.7 Å². The van der Waals surface area contributed by atoms with E-state index in [-0.39, 0.29) is 11.9 Å². The van der Waals surface area contributed by atoms with Gasteiger partial charge in [0.2, 0.25) is 0 Å². The molecular formula is C19H28FN5O. The van der Waals surface area contributed by atoms with E-state index in [4.69, 9.17) is 4.74 Å². The van der Waals surface area contributed by atoms with Gasteiger partial charge in [-0.25, -0.2) is 4.39 Å². The van der Waals surface area contributed by atoms with Crippen molar-refractivity contribution in [3.63, 3.8) is 0 Å². The van der Waals surface area contributed by atoms with Crippen LogP contribution in [0.15, 0.2) is 41.7 Å². The molecule has 0 radical (unpaired) electrons. The quantitative estimate of drug-likeness (QED) is 0.409. The number of aryl methyl sites for hydroxylation is 2. The summed E-state index contributed by atoms with van der Waals surface area (Å²) in [6, 6.07) is 6.21. The molecule has 142 valence electrons. The van der Waals surface area contributed by atoms with Gasteiger partial charge in [0.15, 0.2) is 5.96 Å². The Kier molecular flexibility index (Phi) is 7.92. The minimum absolute atomic E-state index is 0.0641. The van der Waals surface area contributed by atoms with Crippen molar-refractivity contribution in [1.82, 2.24) is 20.4 Å². The molecule has 26 heavy (non-hydrogen) atoms. The Balaban J connectivity index is 1.70. The summed E-state index contributed by atoms with van der Waals surface area (Å²) in [5, 5.41) is 10.7. The van der Waals surface area contributed by atoms with Crippen LogP contribution in [-0.4, -0.2) is 42.0 Å². The second-order valence-electron chi connectivity index (χ2n) is 6.11. The molecule has 0 fully saturated rings.